The first kappa shape index (κ1) is 15.2. The van der Waals surface area contributed by atoms with Crippen molar-refractivity contribution in [1.29, 1.82) is 0 Å². The van der Waals surface area contributed by atoms with Crippen LogP contribution < -0.4 is 0 Å². The fourth-order valence-electron chi connectivity index (χ4n) is 3.11. The average molecular weight is 258 g/mol. The lowest BCUT2D eigenvalue weighted by molar-refractivity contribution is 0.0835. The zero-order valence-corrected chi connectivity index (χ0v) is 13.2. The van der Waals surface area contributed by atoms with Gasteiger partial charge in [0.15, 0.2) is 8.32 Å². The molecule has 0 atom stereocenters. The van der Waals surface area contributed by atoms with Crippen molar-refractivity contribution in [2.75, 3.05) is 13.2 Å². The quantitative estimate of drug-likeness (QED) is 0.705. The van der Waals surface area contributed by atoms with Gasteiger partial charge < -0.3 is 13.7 Å². The molecule has 0 bridgehead atoms. The fourth-order valence-corrected chi connectivity index (χ4v) is 8.40. The second-order valence-corrected chi connectivity index (χ2v) is 11.2. The molecule has 0 aromatic carbocycles. The van der Waals surface area contributed by atoms with Gasteiger partial charge in [0.05, 0.1) is 0 Å². The Balaban J connectivity index is 2.81. The van der Waals surface area contributed by atoms with E-state index in [0.717, 1.165) is 19.6 Å². The Morgan fingerprint density at radius 2 is 1.29 bits per heavy atom. The van der Waals surface area contributed by atoms with Crippen LogP contribution in [0, 0.1) is 0 Å². The predicted octanol–water partition coefficient (Wildman–Crippen LogP) is 3.60. The Bertz CT molecular complexity index is 206. The zero-order chi connectivity index (χ0) is 13.1. The second-order valence-electron chi connectivity index (χ2n) is 5.82. The highest BCUT2D eigenvalue weighted by molar-refractivity contribution is 6.81. The van der Waals surface area contributed by atoms with E-state index in [1.54, 1.807) is 0 Å². The molecule has 1 saturated heterocycles. The third kappa shape index (κ3) is 3.34. The van der Waals surface area contributed by atoms with Gasteiger partial charge in [0.25, 0.3) is 0 Å². The van der Waals surface area contributed by atoms with Crippen molar-refractivity contribution in [2.45, 2.75) is 64.6 Å². The van der Waals surface area contributed by atoms with Crippen molar-refractivity contribution in [3.05, 3.63) is 0 Å². The molecule has 1 aliphatic heterocycles. The van der Waals surface area contributed by atoms with Crippen LogP contribution >= 0.6 is 0 Å². The van der Waals surface area contributed by atoms with E-state index in [-0.39, 0.29) is 0 Å². The molecule has 17 heavy (non-hydrogen) atoms. The van der Waals surface area contributed by atoms with Crippen LogP contribution in [-0.2, 0) is 13.7 Å². The molecular formula is C12H27BO3Si. The van der Waals surface area contributed by atoms with E-state index >= 15 is 0 Å². The lowest BCUT2D eigenvalue weighted by atomic mass is 10.2. The van der Waals surface area contributed by atoms with Crippen LogP contribution in [0.15, 0.2) is 0 Å². The Morgan fingerprint density at radius 1 is 0.882 bits per heavy atom. The van der Waals surface area contributed by atoms with Crippen LogP contribution in [0.5, 0.6) is 0 Å². The first-order valence-corrected chi connectivity index (χ1v) is 8.96. The monoisotopic (exact) mass is 258 g/mol. The molecule has 1 fully saturated rings. The summed E-state index contributed by atoms with van der Waals surface area (Å²) in [6.07, 6.45) is 0.972. The summed E-state index contributed by atoms with van der Waals surface area (Å²) in [5.74, 6) is 0. The highest BCUT2D eigenvalue weighted by atomic mass is 28.4. The van der Waals surface area contributed by atoms with Gasteiger partial charge in [-0.15, -0.1) is 0 Å². The molecule has 0 aliphatic carbocycles. The minimum absolute atomic E-state index is 0.428. The standard InChI is InChI=1S/C12H27BO3Si/c1-10(2)17(11(3)4,12(5)6)16-13-14-8-7-9-15-13/h10-12H,7-9H2,1-6H3. The molecule has 0 aromatic heterocycles. The Morgan fingerprint density at radius 3 is 1.65 bits per heavy atom. The molecule has 0 radical (unpaired) electrons. The summed E-state index contributed by atoms with van der Waals surface area (Å²) in [5, 5.41) is 0. The van der Waals surface area contributed by atoms with Crippen LogP contribution in [0.3, 0.4) is 0 Å². The second kappa shape index (κ2) is 6.36. The number of hydrogen-bond donors (Lipinski definition) is 0. The van der Waals surface area contributed by atoms with Gasteiger partial charge in [0.1, 0.15) is 0 Å². The first-order chi connectivity index (χ1) is 7.91. The van der Waals surface area contributed by atoms with Crippen molar-refractivity contribution in [3.8, 4) is 0 Å². The Kier molecular flexibility index (Phi) is 5.70. The van der Waals surface area contributed by atoms with Crippen LogP contribution in [0.4, 0.5) is 0 Å². The van der Waals surface area contributed by atoms with E-state index in [9.17, 15) is 0 Å². The van der Waals surface area contributed by atoms with Crippen LogP contribution in [0.1, 0.15) is 48.0 Å². The normalized spacial score (nSPS) is 18.5. The lowest BCUT2D eigenvalue weighted by Crippen LogP contribution is -2.53. The highest BCUT2D eigenvalue weighted by Crippen LogP contribution is 2.42. The van der Waals surface area contributed by atoms with E-state index in [1.807, 2.05) is 0 Å². The van der Waals surface area contributed by atoms with Crippen molar-refractivity contribution in [1.82, 2.24) is 0 Å². The van der Waals surface area contributed by atoms with Crippen molar-refractivity contribution >= 4 is 15.6 Å². The minimum Gasteiger partial charge on any atom is -0.427 e. The third-order valence-corrected chi connectivity index (χ3v) is 9.82. The summed E-state index contributed by atoms with van der Waals surface area (Å²) >= 11 is 0. The van der Waals surface area contributed by atoms with E-state index in [4.69, 9.17) is 13.7 Å². The maximum atomic E-state index is 6.36. The van der Waals surface area contributed by atoms with Gasteiger partial charge in [-0.25, -0.2) is 0 Å². The van der Waals surface area contributed by atoms with Crippen LogP contribution in [-0.4, -0.2) is 28.9 Å². The third-order valence-electron chi connectivity index (χ3n) is 3.80. The molecule has 3 nitrogen and oxygen atoms in total. The SMILES string of the molecule is CC(C)[Si](OB1OCCCO1)(C(C)C)C(C)C. The predicted molar refractivity (Wildman–Crippen MR) is 74.4 cm³/mol. The Labute approximate surface area is 108 Å². The number of rotatable bonds is 5. The van der Waals surface area contributed by atoms with Gasteiger partial charge in [0.2, 0.25) is 0 Å². The summed E-state index contributed by atoms with van der Waals surface area (Å²) < 4.78 is 17.5. The minimum atomic E-state index is -1.86. The molecule has 1 rings (SSSR count). The van der Waals surface area contributed by atoms with Crippen molar-refractivity contribution in [2.24, 2.45) is 0 Å². The largest absolute Gasteiger partial charge is 0.628 e. The zero-order valence-electron chi connectivity index (χ0n) is 12.2. The molecule has 0 amide bonds. The number of hydrogen-bond acceptors (Lipinski definition) is 3. The van der Waals surface area contributed by atoms with Gasteiger partial charge in [-0.2, -0.15) is 0 Å². The summed E-state index contributed by atoms with van der Waals surface area (Å²) in [6.45, 7) is 15.1. The maximum absolute atomic E-state index is 6.36. The van der Waals surface area contributed by atoms with Gasteiger partial charge in [-0.3, -0.25) is 0 Å². The molecule has 0 aromatic rings. The van der Waals surface area contributed by atoms with Gasteiger partial charge in [-0.05, 0) is 23.0 Å². The topological polar surface area (TPSA) is 27.7 Å². The summed E-state index contributed by atoms with van der Waals surface area (Å²) in [7, 11) is -2.29. The Hall–Kier alpha value is 0.162. The summed E-state index contributed by atoms with van der Waals surface area (Å²) in [5.41, 5.74) is 1.70. The van der Waals surface area contributed by atoms with E-state index in [0.29, 0.717) is 16.6 Å². The summed E-state index contributed by atoms with van der Waals surface area (Å²) in [6, 6.07) is 0. The van der Waals surface area contributed by atoms with Crippen LogP contribution in [0.25, 0.3) is 0 Å². The fraction of sp³-hybridized carbons (Fsp3) is 1.00. The van der Waals surface area contributed by atoms with Gasteiger partial charge >= 0.3 is 7.32 Å². The van der Waals surface area contributed by atoms with E-state index in [1.165, 1.54) is 0 Å². The average Bonchev–Trinajstić information content (AvgIpc) is 2.25. The summed E-state index contributed by atoms with van der Waals surface area (Å²) in [4.78, 5) is 0. The van der Waals surface area contributed by atoms with E-state index < -0.39 is 15.6 Å². The molecule has 0 N–H and O–H groups in total. The lowest BCUT2D eigenvalue weighted by Gasteiger charge is -2.44. The first-order valence-electron chi connectivity index (χ1n) is 6.82. The molecule has 0 unspecified atom stereocenters. The molecule has 1 heterocycles. The molecule has 100 valence electrons. The van der Waals surface area contributed by atoms with E-state index in [2.05, 4.69) is 41.5 Å². The van der Waals surface area contributed by atoms with Crippen molar-refractivity contribution < 1.29 is 13.7 Å². The smallest absolute Gasteiger partial charge is 0.427 e. The molecule has 0 spiro atoms. The molecule has 0 saturated carbocycles. The van der Waals surface area contributed by atoms with Gasteiger partial charge in [0, 0.05) is 13.2 Å². The molecule has 5 heteroatoms. The highest BCUT2D eigenvalue weighted by Gasteiger charge is 2.48. The molecule has 1 aliphatic rings. The molecular weight excluding hydrogens is 231 g/mol. The van der Waals surface area contributed by atoms with Gasteiger partial charge in [-0.1, -0.05) is 41.5 Å². The maximum Gasteiger partial charge on any atom is 0.628 e. The van der Waals surface area contributed by atoms with Crippen molar-refractivity contribution in [3.63, 3.8) is 0 Å². The van der Waals surface area contributed by atoms with Crippen LogP contribution in [0.2, 0.25) is 16.6 Å².